The molecule has 1 rings (SSSR count). The highest BCUT2D eigenvalue weighted by molar-refractivity contribution is 5.90. The van der Waals surface area contributed by atoms with Crippen molar-refractivity contribution in [3.8, 4) is 0 Å². The predicted octanol–water partition coefficient (Wildman–Crippen LogP) is 2.18. The van der Waals surface area contributed by atoms with Gasteiger partial charge in [0.15, 0.2) is 0 Å². The van der Waals surface area contributed by atoms with E-state index in [1.807, 2.05) is 12.1 Å². The SMILES string of the molecule is Cl.NCc1ccc(NC(=O)CCOCC(F)F)cc1. The second-order valence-corrected chi connectivity index (χ2v) is 3.67. The lowest BCUT2D eigenvalue weighted by Crippen LogP contribution is -2.15. The molecule has 0 bridgehead atoms. The number of halogens is 3. The van der Waals surface area contributed by atoms with Crippen LogP contribution in [0.2, 0.25) is 0 Å². The Morgan fingerprint density at radius 2 is 1.95 bits per heavy atom. The first-order chi connectivity index (χ1) is 8.61. The summed E-state index contributed by atoms with van der Waals surface area (Å²) in [6.45, 7) is -0.217. The number of nitrogens with one attached hydrogen (secondary N) is 1. The number of hydrogen-bond donors (Lipinski definition) is 2. The number of carbonyl (C=O) groups is 1. The molecule has 108 valence electrons. The number of anilines is 1. The van der Waals surface area contributed by atoms with Crippen LogP contribution in [-0.2, 0) is 16.1 Å². The highest BCUT2D eigenvalue weighted by Crippen LogP contribution is 2.09. The second kappa shape index (κ2) is 9.66. The minimum absolute atomic E-state index is 0. The summed E-state index contributed by atoms with van der Waals surface area (Å²) < 4.78 is 28.1. The lowest BCUT2D eigenvalue weighted by atomic mass is 10.2. The Kier molecular flexibility index (Phi) is 9.03. The largest absolute Gasteiger partial charge is 0.375 e. The molecule has 0 unspecified atom stereocenters. The molecule has 0 spiro atoms. The maximum Gasteiger partial charge on any atom is 0.261 e. The van der Waals surface area contributed by atoms with E-state index in [2.05, 4.69) is 10.1 Å². The topological polar surface area (TPSA) is 64.3 Å². The molecule has 0 radical (unpaired) electrons. The van der Waals surface area contributed by atoms with Gasteiger partial charge in [-0.1, -0.05) is 12.1 Å². The molecule has 0 saturated heterocycles. The molecular formula is C12H17ClF2N2O2. The van der Waals surface area contributed by atoms with E-state index >= 15 is 0 Å². The fourth-order valence-corrected chi connectivity index (χ4v) is 1.28. The van der Waals surface area contributed by atoms with Crippen molar-refractivity contribution in [3.05, 3.63) is 29.8 Å². The molecule has 4 nitrogen and oxygen atoms in total. The van der Waals surface area contributed by atoms with Crippen molar-refractivity contribution in [2.75, 3.05) is 18.5 Å². The fraction of sp³-hybridized carbons (Fsp3) is 0.417. The number of hydrogen-bond acceptors (Lipinski definition) is 3. The first-order valence-electron chi connectivity index (χ1n) is 5.56. The molecule has 19 heavy (non-hydrogen) atoms. The number of carbonyl (C=O) groups excluding carboxylic acids is 1. The summed E-state index contributed by atoms with van der Waals surface area (Å²) in [5.74, 6) is -0.273. The molecule has 0 aliphatic carbocycles. The van der Waals surface area contributed by atoms with Crippen LogP contribution in [0.25, 0.3) is 0 Å². The van der Waals surface area contributed by atoms with E-state index in [1.165, 1.54) is 0 Å². The van der Waals surface area contributed by atoms with Crippen LogP contribution in [0.15, 0.2) is 24.3 Å². The molecule has 0 fully saturated rings. The Morgan fingerprint density at radius 1 is 1.32 bits per heavy atom. The summed E-state index contributed by atoms with van der Waals surface area (Å²) in [6.07, 6.45) is -2.46. The number of alkyl halides is 2. The van der Waals surface area contributed by atoms with Crippen LogP contribution < -0.4 is 11.1 Å². The van der Waals surface area contributed by atoms with Gasteiger partial charge >= 0.3 is 0 Å². The van der Waals surface area contributed by atoms with Crippen molar-refractivity contribution >= 4 is 24.0 Å². The summed E-state index contributed by atoms with van der Waals surface area (Å²) in [4.78, 5) is 11.4. The number of amides is 1. The van der Waals surface area contributed by atoms with Crippen LogP contribution in [0.1, 0.15) is 12.0 Å². The van der Waals surface area contributed by atoms with Crippen molar-refractivity contribution in [3.63, 3.8) is 0 Å². The molecule has 7 heteroatoms. The third kappa shape index (κ3) is 7.71. The standard InChI is InChI=1S/C12H16F2N2O2.ClH/c13-11(14)8-18-6-5-12(17)16-10-3-1-9(7-15)2-4-10;/h1-4,11H,5-8,15H2,(H,16,17);1H. The lowest BCUT2D eigenvalue weighted by molar-refractivity contribution is -0.117. The van der Waals surface area contributed by atoms with Gasteiger partial charge in [-0.3, -0.25) is 4.79 Å². The summed E-state index contributed by atoms with van der Waals surface area (Å²) in [6, 6.07) is 7.09. The fourth-order valence-electron chi connectivity index (χ4n) is 1.28. The Bertz CT molecular complexity index is 374. The number of benzene rings is 1. The van der Waals surface area contributed by atoms with E-state index in [1.54, 1.807) is 12.1 Å². The number of ether oxygens (including phenoxy) is 1. The molecule has 0 aromatic heterocycles. The lowest BCUT2D eigenvalue weighted by Gasteiger charge is -2.06. The first kappa shape index (κ1) is 17.8. The Labute approximate surface area is 116 Å². The molecule has 1 aromatic carbocycles. The molecular weight excluding hydrogens is 278 g/mol. The van der Waals surface area contributed by atoms with Crippen molar-refractivity contribution in [1.29, 1.82) is 0 Å². The minimum Gasteiger partial charge on any atom is -0.375 e. The van der Waals surface area contributed by atoms with Crippen molar-refractivity contribution in [2.45, 2.75) is 19.4 Å². The molecule has 3 N–H and O–H groups in total. The zero-order valence-electron chi connectivity index (χ0n) is 10.3. The molecule has 0 saturated carbocycles. The van der Waals surface area contributed by atoms with Gasteiger partial charge in [-0.2, -0.15) is 0 Å². The van der Waals surface area contributed by atoms with Crippen molar-refractivity contribution < 1.29 is 18.3 Å². The van der Waals surface area contributed by atoms with E-state index < -0.39 is 13.0 Å². The monoisotopic (exact) mass is 294 g/mol. The quantitative estimate of drug-likeness (QED) is 0.758. The summed E-state index contributed by atoms with van der Waals surface area (Å²) in [5, 5.41) is 2.63. The van der Waals surface area contributed by atoms with Crippen LogP contribution in [0.5, 0.6) is 0 Å². The maximum absolute atomic E-state index is 11.7. The van der Waals surface area contributed by atoms with E-state index in [-0.39, 0.29) is 31.3 Å². The third-order valence-electron chi connectivity index (χ3n) is 2.19. The van der Waals surface area contributed by atoms with Crippen LogP contribution in [0.4, 0.5) is 14.5 Å². The Hall–Kier alpha value is -1.24. The average molecular weight is 295 g/mol. The van der Waals surface area contributed by atoms with Crippen LogP contribution >= 0.6 is 12.4 Å². The summed E-state index contributed by atoms with van der Waals surface area (Å²) in [7, 11) is 0. The van der Waals surface area contributed by atoms with Gasteiger partial charge in [-0.05, 0) is 17.7 Å². The third-order valence-corrected chi connectivity index (χ3v) is 2.19. The van der Waals surface area contributed by atoms with Crippen LogP contribution in [0.3, 0.4) is 0 Å². The molecule has 1 aromatic rings. The van der Waals surface area contributed by atoms with Crippen LogP contribution in [0, 0.1) is 0 Å². The summed E-state index contributed by atoms with van der Waals surface area (Å²) >= 11 is 0. The second-order valence-electron chi connectivity index (χ2n) is 3.67. The number of nitrogens with two attached hydrogens (primary N) is 1. The van der Waals surface area contributed by atoms with Gasteiger partial charge < -0.3 is 15.8 Å². The molecule has 0 aliphatic heterocycles. The van der Waals surface area contributed by atoms with Gasteiger partial charge in [-0.25, -0.2) is 8.78 Å². The van der Waals surface area contributed by atoms with Gasteiger partial charge in [0, 0.05) is 12.2 Å². The van der Waals surface area contributed by atoms with Gasteiger partial charge in [0.05, 0.1) is 13.0 Å². The highest BCUT2D eigenvalue weighted by atomic mass is 35.5. The summed E-state index contributed by atoms with van der Waals surface area (Å²) in [5.41, 5.74) is 7.05. The first-order valence-corrected chi connectivity index (χ1v) is 5.56. The van der Waals surface area contributed by atoms with E-state index in [0.717, 1.165) is 5.56 Å². The molecule has 0 aliphatic rings. The van der Waals surface area contributed by atoms with Gasteiger partial charge in [0.2, 0.25) is 5.91 Å². The predicted molar refractivity (Wildman–Crippen MR) is 71.7 cm³/mol. The molecule has 0 heterocycles. The minimum atomic E-state index is -2.50. The van der Waals surface area contributed by atoms with Gasteiger partial charge in [0.1, 0.15) is 6.61 Å². The zero-order chi connectivity index (χ0) is 13.4. The average Bonchev–Trinajstić information content (AvgIpc) is 2.35. The molecule has 0 atom stereocenters. The highest BCUT2D eigenvalue weighted by Gasteiger charge is 2.05. The van der Waals surface area contributed by atoms with E-state index in [9.17, 15) is 13.6 Å². The zero-order valence-corrected chi connectivity index (χ0v) is 11.1. The Morgan fingerprint density at radius 3 is 2.47 bits per heavy atom. The molecule has 1 amide bonds. The Balaban J connectivity index is 0.00000324. The van der Waals surface area contributed by atoms with Crippen molar-refractivity contribution in [1.82, 2.24) is 0 Å². The number of rotatable bonds is 7. The normalized spacial score (nSPS) is 10.1. The maximum atomic E-state index is 11.7. The smallest absolute Gasteiger partial charge is 0.261 e. The van der Waals surface area contributed by atoms with Crippen molar-refractivity contribution in [2.24, 2.45) is 5.73 Å². The van der Waals surface area contributed by atoms with E-state index in [0.29, 0.717) is 12.2 Å². The van der Waals surface area contributed by atoms with E-state index in [4.69, 9.17) is 5.73 Å². The van der Waals surface area contributed by atoms with Gasteiger partial charge in [0.25, 0.3) is 6.43 Å². The van der Waals surface area contributed by atoms with Crippen LogP contribution in [-0.4, -0.2) is 25.5 Å². The van der Waals surface area contributed by atoms with Gasteiger partial charge in [-0.15, -0.1) is 12.4 Å².